The van der Waals surface area contributed by atoms with Gasteiger partial charge in [-0.3, -0.25) is 14.1 Å². The highest BCUT2D eigenvalue weighted by molar-refractivity contribution is 7.15. The lowest BCUT2D eigenvalue weighted by Crippen LogP contribution is -2.65. The molecule has 4 atom stereocenters. The molecule has 3 fully saturated rings. The van der Waals surface area contributed by atoms with E-state index in [2.05, 4.69) is 20.5 Å². The number of nitrogens with one attached hydrogen (secondary N) is 2. The van der Waals surface area contributed by atoms with Crippen LogP contribution in [0.4, 0.5) is 0 Å². The number of rotatable bonds is 4. The fraction of sp³-hybridized carbons (Fsp3) is 0.684. The number of halogens is 1. The van der Waals surface area contributed by atoms with Crippen molar-refractivity contribution in [1.29, 1.82) is 0 Å². The number of piperidine rings is 3. The van der Waals surface area contributed by atoms with E-state index < -0.39 is 0 Å². The Bertz CT molecular complexity index is 764. The molecule has 0 radical (unpaired) electrons. The van der Waals surface area contributed by atoms with Gasteiger partial charge < -0.3 is 10.6 Å². The summed E-state index contributed by atoms with van der Waals surface area (Å²) in [5.41, 5.74) is 0.855. The first-order valence-electron chi connectivity index (χ1n) is 9.92. The summed E-state index contributed by atoms with van der Waals surface area (Å²) in [6.45, 7) is 4.25. The molecule has 0 spiro atoms. The second kappa shape index (κ2) is 8.07. The van der Waals surface area contributed by atoms with Gasteiger partial charge in [0.15, 0.2) is 4.96 Å². The van der Waals surface area contributed by atoms with Gasteiger partial charge in [-0.05, 0) is 50.7 Å². The van der Waals surface area contributed by atoms with Crippen molar-refractivity contribution in [2.24, 2.45) is 11.8 Å². The Balaban J connectivity index is 0.00000180. The van der Waals surface area contributed by atoms with E-state index in [1.54, 1.807) is 11.3 Å². The molecule has 0 unspecified atom stereocenters. The van der Waals surface area contributed by atoms with Crippen molar-refractivity contribution in [2.75, 3.05) is 26.2 Å². The highest BCUT2D eigenvalue weighted by Gasteiger charge is 2.45. The van der Waals surface area contributed by atoms with Crippen molar-refractivity contribution in [3.8, 4) is 0 Å². The summed E-state index contributed by atoms with van der Waals surface area (Å²) in [5.74, 6) is 1.57. The predicted octanol–water partition coefficient (Wildman–Crippen LogP) is 1.94. The van der Waals surface area contributed by atoms with Crippen LogP contribution in [0.1, 0.15) is 31.4 Å². The van der Waals surface area contributed by atoms with Gasteiger partial charge in [0.2, 0.25) is 5.91 Å². The van der Waals surface area contributed by atoms with Crippen LogP contribution in [0, 0.1) is 11.8 Å². The number of hydrogen-bond donors (Lipinski definition) is 2. The molecular formula is C19H28ClN5OS. The van der Waals surface area contributed by atoms with Crippen LogP contribution in [0.3, 0.4) is 0 Å². The molecule has 2 aromatic rings. The van der Waals surface area contributed by atoms with Crippen LogP contribution in [0.15, 0.2) is 17.8 Å². The zero-order valence-electron chi connectivity index (χ0n) is 15.5. The third kappa shape index (κ3) is 3.75. The minimum absolute atomic E-state index is 0. The molecule has 3 aliphatic rings. The standard InChI is InChI=1S/C19H27N5OS.ClH/c25-18(8-15-12-23-5-6-26-19(23)22-15)21-11-17-14-7-13(9-20-10-14)16-3-1-2-4-24(16)17;/h5-6,12-14,16-17,20H,1-4,7-11H2,(H,21,25);1H/t13-,14+,16+,17+;/m1./s1. The van der Waals surface area contributed by atoms with Crippen LogP contribution in [0.2, 0.25) is 0 Å². The average molecular weight is 410 g/mol. The zero-order valence-corrected chi connectivity index (χ0v) is 17.1. The lowest BCUT2D eigenvalue weighted by Gasteiger charge is -2.55. The smallest absolute Gasteiger partial charge is 0.226 e. The number of nitrogens with zero attached hydrogens (tertiary/aromatic N) is 3. The number of carbonyl (C=O) groups excluding carboxylic acids is 1. The lowest BCUT2D eigenvalue weighted by atomic mass is 9.73. The molecule has 2 aromatic heterocycles. The molecule has 5 rings (SSSR count). The first-order valence-corrected chi connectivity index (χ1v) is 10.8. The maximum absolute atomic E-state index is 12.5. The number of hydrogen-bond acceptors (Lipinski definition) is 5. The van der Waals surface area contributed by atoms with Crippen molar-refractivity contribution in [3.05, 3.63) is 23.5 Å². The molecule has 3 aliphatic heterocycles. The molecule has 5 heterocycles. The monoisotopic (exact) mass is 409 g/mol. The Morgan fingerprint density at radius 3 is 3.11 bits per heavy atom. The highest BCUT2D eigenvalue weighted by Crippen LogP contribution is 2.38. The number of aromatic nitrogens is 2. The predicted molar refractivity (Wildman–Crippen MR) is 110 cm³/mol. The molecule has 2 bridgehead atoms. The van der Waals surface area contributed by atoms with Gasteiger partial charge in [0.1, 0.15) is 0 Å². The van der Waals surface area contributed by atoms with Crippen LogP contribution in [-0.4, -0.2) is 58.5 Å². The van der Waals surface area contributed by atoms with Gasteiger partial charge in [-0.2, -0.15) is 0 Å². The van der Waals surface area contributed by atoms with Gasteiger partial charge in [0.05, 0.1) is 12.1 Å². The Morgan fingerprint density at radius 2 is 2.22 bits per heavy atom. The van der Waals surface area contributed by atoms with E-state index in [1.165, 1.54) is 38.8 Å². The van der Waals surface area contributed by atoms with Gasteiger partial charge in [-0.1, -0.05) is 6.42 Å². The molecule has 27 heavy (non-hydrogen) atoms. The van der Waals surface area contributed by atoms with Gasteiger partial charge in [-0.15, -0.1) is 23.7 Å². The molecular weight excluding hydrogens is 382 g/mol. The molecule has 8 heteroatoms. The van der Waals surface area contributed by atoms with E-state index in [-0.39, 0.29) is 18.3 Å². The van der Waals surface area contributed by atoms with Crippen LogP contribution in [0.25, 0.3) is 4.96 Å². The van der Waals surface area contributed by atoms with Crippen LogP contribution < -0.4 is 10.6 Å². The average Bonchev–Trinajstić information content (AvgIpc) is 3.23. The minimum atomic E-state index is 0. The molecule has 0 saturated carbocycles. The maximum atomic E-state index is 12.5. The summed E-state index contributed by atoms with van der Waals surface area (Å²) in [5, 5.41) is 8.87. The normalized spacial score (nSPS) is 30.5. The van der Waals surface area contributed by atoms with Crippen molar-refractivity contribution in [1.82, 2.24) is 24.9 Å². The van der Waals surface area contributed by atoms with Crippen LogP contribution in [-0.2, 0) is 11.2 Å². The van der Waals surface area contributed by atoms with Crippen LogP contribution >= 0.6 is 23.7 Å². The van der Waals surface area contributed by atoms with E-state index in [0.717, 1.165) is 35.7 Å². The van der Waals surface area contributed by atoms with Crippen LogP contribution in [0.5, 0.6) is 0 Å². The van der Waals surface area contributed by atoms with E-state index in [4.69, 9.17) is 0 Å². The van der Waals surface area contributed by atoms with E-state index >= 15 is 0 Å². The maximum Gasteiger partial charge on any atom is 0.226 e. The second-order valence-electron chi connectivity index (χ2n) is 8.09. The fourth-order valence-corrected chi connectivity index (χ4v) is 6.07. The first kappa shape index (κ1) is 19.2. The zero-order chi connectivity index (χ0) is 17.5. The quantitative estimate of drug-likeness (QED) is 0.810. The van der Waals surface area contributed by atoms with Gasteiger partial charge in [-0.25, -0.2) is 4.98 Å². The number of imidazole rings is 1. The Hall–Kier alpha value is -1.15. The van der Waals surface area contributed by atoms with E-state index in [9.17, 15) is 4.79 Å². The van der Waals surface area contributed by atoms with Gasteiger partial charge in [0, 0.05) is 36.4 Å². The highest BCUT2D eigenvalue weighted by atomic mass is 35.5. The number of amides is 1. The summed E-state index contributed by atoms with van der Waals surface area (Å²) >= 11 is 1.60. The summed E-state index contributed by atoms with van der Waals surface area (Å²) in [6, 6.07) is 1.20. The SMILES string of the molecule is Cl.O=C(Cc1cn2ccsc2n1)NC[C@H]1[C@@H]2CNC[C@@H](C2)[C@@H]2CCCCN21. The Kier molecular flexibility index (Phi) is 5.73. The number of thiazole rings is 1. The molecule has 0 aliphatic carbocycles. The third-order valence-corrected chi connectivity index (χ3v) is 7.29. The largest absolute Gasteiger partial charge is 0.354 e. The number of carbonyl (C=O) groups is 1. The summed E-state index contributed by atoms with van der Waals surface area (Å²) in [6.07, 6.45) is 9.64. The molecule has 1 amide bonds. The third-order valence-electron chi connectivity index (χ3n) is 6.52. The topological polar surface area (TPSA) is 61.7 Å². The van der Waals surface area contributed by atoms with E-state index in [1.807, 2.05) is 22.2 Å². The molecule has 6 nitrogen and oxygen atoms in total. The van der Waals surface area contributed by atoms with Crippen molar-refractivity contribution < 1.29 is 4.79 Å². The molecule has 0 aromatic carbocycles. The Morgan fingerprint density at radius 1 is 1.33 bits per heavy atom. The lowest BCUT2D eigenvalue weighted by molar-refractivity contribution is -0.121. The molecule has 148 valence electrons. The summed E-state index contributed by atoms with van der Waals surface area (Å²) in [7, 11) is 0. The second-order valence-corrected chi connectivity index (χ2v) is 8.96. The Labute approximate surface area is 170 Å². The molecule has 2 N–H and O–H groups in total. The summed E-state index contributed by atoms with van der Waals surface area (Å²) in [4.78, 5) is 20.7. The molecule has 3 saturated heterocycles. The van der Waals surface area contributed by atoms with Gasteiger partial charge in [0.25, 0.3) is 0 Å². The fourth-order valence-electron chi connectivity index (χ4n) is 5.36. The first-order chi connectivity index (χ1) is 12.8. The van der Waals surface area contributed by atoms with Crippen molar-refractivity contribution in [2.45, 2.75) is 44.2 Å². The van der Waals surface area contributed by atoms with E-state index in [0.29, 0.717) is 18.4 Å². The minimum Gasteiger partial charge on any atom is -0.354 e. The number of fused-ring (bicyclic) bond motifs is 5. The van der Waals surface area contributed by atoms with Crippen molar-refractivity contribution in [3.63, 3.8) is 0 Å². The van der Waals surface area contributed by atoms with Crippen molar-refractivity contribution >= 4 is 34.6 Å². The summed E-state index contributed by atoms with van der Waals surface area (Å²) < 4.78 is 1.99. The van der Waals surface area contributed by atoms with Gasteiger partial charge >= 0.3 is 0 Å².